The van der Waals surface area contributed by atoms with Gasteiger partial charge >= 0.3 is 0 Å². The number of halogens is 3. The second kappa shape index (κ2) is 14.7. The first-order chi connectivity index (χ1) is 27.4. The summed E-state index contributed by atoms with van der Waals surface area (Å²) in [5.41, 5.74) is 3.63. The molecule has 0 saturated carbocycles. The largest absolute Gasteiger partial charge is 0.371 e. The van der Waals surface area contributed by atoms with Gasteiger partial charge in [-0.3, -0.25) is 23.7 Å². The number of likely N-dealkylation sites (tertiary alicyclic amines) is 2. The van der Waals surface area contributed by atoms with Gasteiger partial charge in [0.25, 0.3) is 5.56 Å². The molecule has 4 aromatic rings. The standard InChI is InChI=1S/C44H47BrF2N6O4/c1-44(2)31-10-9-29(21-36(31)52-35-6-3-5-32(45)39(35)41(56)48-43(44)52)27-12-16-49(17-13-27)24-26-11-18-51(25-26)42(57)28-14-19-50(20-15-28)30-22-33(46)40(34(47)23-30)53-37(54)7-4-8-38(53)55/h3,5-6,9-10,21-23,26-28H,4,7-8,11-20,24-25H2,1-2H3/t26-/m0/s1. The summed E-state index contributed by atoms with van der Waals surface area (Å²) in [6.45, 7) is 9.75. The molecule has 3 aromatic carbocycles. The number of hydrogen-bond acceptors (Lipinski definition) is 7. The van der Waals surface area contributed by atoms with Gasteiger partial charge in [0.05, 0.1) is 22.0 Å². The van der Waals surface area contributed by atoms with Gasteiger partial charge in [-0.05, 0) is 135 Å². The number of amides is 3. The van der Waals surface area contributed by atoms with Crippen LogP contribution in [0.3, 0.4) is 0 Å². The number of rotatable bonds is 6. The van der Waals surface area contributed by atoms with E-state index >= 15 is 8.78 Å². The molecule has 5 aliphatic heterocycles. The highest BCUT2D eigenvalue weighted by atomic mass is 79.9. The lowest BCUT2D eigenvalue weighted by molar-refractivity contribution is -0.135. The third-order valence-electron chi connectivity index (χ3n) is 13.2. The van der Waals surface area contributed by atoms with E-state index in [4.69, 9.17) is 0 Å². The van der Waals surface area contributed by atoms with E-state index in [2.05, 4.69) is 62.4 Å². The highest BCUT2D eigenvalue weighted by Crippen LogP contribution is 2.45. The number of fused-ring (bicyclic) bond motifs is 5. The predicted molar refractivity (Wildman–Crippen MR) is 218 cm³/mol. The monoisotopic (exact) mass is 840 g/mol. The van der Waals surface area contributed by atoms with E-state index in [0.29, 0.717) is 60.2 Å². The van der Waals surface area contributed by atoms with Gasteiger partial charge in [0.2, 0.25) is 17.7 Å². The molecular formula is C44H47BrF2N6O4. The van der Waals surface area contributed by atoms with Crippen molar-refractivity contribution in [2.45, 2.75) is 76.5 Å². The number of carbonyl (C=O) groups is 3. The van der Waals surface area contributed by atoms with Crippen LogP contribution < -0.4 is 15.4 Å². The quantitative estimate of drug-likeness (QED) is 0.192. The van der Waals surface area contributed by atoms with E-state index < -0.39 is 34.6 Å². The molecule has 5 aliphatic rings. The Labute approximate surface area is 338 Å². The van der Waals surface area contributed by atoms with Crippen LogP contribution in [0.2, 0.25) is 0 Å². The third-order valence-corrected chi connectivity index (χ3v) is 13.9. The summed E-state index contributed by atoms with van der Waals surface area (Å²) in [7, 11) is 0. The number of anilines is 2. The Balaban J connectivity index is 0.784. The number of benzene rings is 3. The molecule has 0 unspecified atom stereocenters. The summed E-state index contributed by atoms with van der Waals surface area (Å²) in [5.74, 6) is -1.36. The SMILES string of the molecule is CC1(C)c2ccc(C3CCN(C[C@@H]4CCN(C(=O)C5CCN(c6cc(F)c(N7C(=O)CCCC7=O)c(F)c6)CC5)C4)CC3)cc2-n2c1nc(=O)c1c(Br)cccc12. The third kappa shape index (κ3) is 6.68. The maximum absolute atomic E-state index is 15.2. The van der Waals surface area contributed by atoms with Crippen molar-refractivity contribution in [3.63, 3.8) is 0 Å². The molecule has 0 N–H and O–H groups in total. The first-order valence-corrected chi connectivity index (χ1v) is 21.2. The van der Waals surface area contributed by atoms with Crippen LogP contribution in [0.4, 0.5) is 20.2 Å². The zero-order valence-electron chi connectivity index (χ0n) is 32.4. The molecule has 1 atom stereocenters. The lowest BCUT2D eigenvalue weighted by Gasteiger charge is -2.35. The lowest BCUT2D eigenvalue weighted by atomic mass is 9.83. The molecule has 0 bridgehead atoms. The van der Waals surface area contributed by atoms with Crippen molar-refractivity contribution in [3.05, 3.63) is 91.9 Å². The minimum atomic E-state index is -0.933. The van der Waals surface area contributed by atoms with E-state index in [0.717, 1.165) is 73.5 Å². The number of aromatic nitrogens is 2. The molecule has 9 rings (SSSR count). The smallest absolute Gasteiger partial charge is 0.281 e. The van der Waals surface area contributed by atoms with Crippen LogP contribution in [0.15, 0.2) is 57.8 Å². The Morgan fingerprint density at radius 3 is 2.28 bits per heavy atom. The number of carbonyl (C=O) groups excluding carboxylic acids is 3. The summed E-state index contributed by atoms with van der Waals surface area (Å²) < 4.78 is 33.3. The number of piperidine rings is 3. The Bertz CT molecular complexity index is 2330. The van der Waals surface area contributed by atoms with Crippen molar-refractivity contribution >= 4 is 55.9 Å². The summed E-state index contributed by atoms with van der Waals surface area (Å²) in [5, 5.41) is 0.601. The van der Waals surface area contributed by atoms with Gasteiger partial charge in [-0.2, -0.15) is 4.98 Å². The molecule has 57 heavy (non-hydrogen) atoms. The number of imide groups is 1. The molecule has 298 valence electrons. The van der Waals surface area contributed by atoms with Crippen molar-refractivity contribution in [2.24, 2.45) is 11.8 Å². The van der Waals surface area contributed by atoms with Gasteiger partial charge in [0.1, 0.15) is 11.5 Å². The average molecular weight is 842 g/mol. The van der Waals surface area contributed by atoms with E-state index in [-0.39, 0.29) is 30.2 Å². The van der Waals surface area contributed by atoms with Crippen LogP contribution in [-0.4, -0.2) is 82.9 Å². The zero-order chi connectivity index (χ0) is 39.7. The van der Waals surface area contributed by atoms with Crippen LogP contribution >= 0.6 is 15.9 Å². The van der Waals surface area contributed by atoms with Crippen molar-refractivity contribution in [1.29, 1.82) is 0 Å². The molecule has 0 spiro atoms. The van der Waals surface area contributed by atoms with E-state index in [1.165, 1.54) is 23.3 Å². The van der Waals surface area contributed by atoms with Gasteiger partial charge in [0.15, 0.2) is 11.6 Å². The molecule has 4 fully saturated rings. The van der Waals surface area contributed by atoms with Crippen molar-refractivity contribution in [3.8, 4) is 5.69 Å². The Kier molecular flexibility index (Phi) is 9.82. The fourth-order valence-electron chi connectivity index (χ4n) is 10.1. The second-order valence-electron chi connectivity index (χ2n) is 17.1. The van der Waals surface area contributed by atoms with Crippen molar-refractivity contribution < 1.29 is 23.2 Å². The predicted octanol–water partition coefficient (Wildman–Crippen LogP) is 7.05. The first kappa shape index (κ1) is 38.1. The minimum Gasteiger partial charge on any atom is -0.371 e. The van der Waals surface area contributed by atoms with Gasteiger partial charge in [-0.1, -0.05) is 18.2 Å². The van der Waals surface area contributed by atoms with Crippen LogP contribution in [0.5, 0.6) is 0 Å². The molecule has 10 nitrogen and oxygen atoms in total. The fourth-order valence-corrected chi connectivity index (χ4v) is 10.6. The molecule has 1 aromatic heterocycles. The molecule has 13 heteroatoms. The van der Waals surface area contributed by atoms with Gasteiger partial charge in [-0.15, -0.1) is 0 Å². The van der Waals surface area contributed by atoms with Crippen molar-refractivity contribution in [1.82, 2.24) is 19.4 Å². The number of nitrogens with zero attached hydrogens (tertiary/aromatic N) is 6. The molecule has 0 aliphatic carbocycles. The second-order valence-corrected chi connectivity index (χ2v) is 18.0. The van der Waals surface area contributed by atoms with Crippen LogP contribution in [0, 0.1) is 23.5 Å². The lowest BCUT2D eigenvalue weighted by Crippen LogP contribution is -2.43. The van der Waals surface area contributed by atoms with Gasteiger partial charge < -0.3 is 14.7 Å². The minimum absolute atomic E-state index is 0.0815. The van der Waals surface area contributed by atoms with Crippen LogP contribution in [0.25, 0.3) is 16.6 Å². The molecule has 6 heterocycles. The van der Waals surface area contributed by atoms with E-state index in [1.54, 1.807) is 0 Å². The van der Waals surface area contributed by atoms with Gasteiger partial charge in [-0.25, -0.2) is 13.7 Å². The summed E-state index contributed by atoms with van der Waals surface area (Å²) >= 11 is 3.58. The van der Waals surface area contributed by atoms with Gasteiger partial charge in [0, 0.05) is 61.6 Å². The Hall–Kier alpha value is -4.49. The molecule has 3 amide bonds. The van der Waals surface area contributed by atoms with E-state index in [1.807, 2.05) is 28.0 Å². The maximum atomic E-state index is 15.2. The first-order valence-electron chi connectivity index (χ1n) is 20.4. The van der Waals surface area contributed by atoms with Crippen LogP contribution in [0.1, 0.15) is 88.1 Å². The molecular weight excluding hydrogens is 794 g/mol. The Morgan fingerprint density at radius 2 is 1.58 bits per heavy atom. The number of hydrogen-bond donors (Lipinski definition) is 0. The van der Waals surface area contributed by atoms with Crippen molar-refractivity contribution in [2.75, 3.05) is 55.6 Å². The fraction of sp³-hybridized carbons (Fsp3) is 0.477. The summed E-state index contributed by atoms with van der Waals surface area (Å²) in [6.07, 6.45) is 4.83. The highest BCUT2D eigenvalue weighted by molar-refractivity contribution is 9.10. The Morgan fingerprint density at radius 1 is 0.877 bits per heavy atom. The highest BCUT2D eigenvalue weighted by Gasteiger charge is 2.40. The van der Waals surface area contributed by atoms with Crippen LogP contribution in [-0.2, 0) is 19.8 Å². The summed E-state index contributed by atoms with van der Waals surface area (Å²) in [6, 6.07) is 15.1. The average Bonchev–Trinajstić information content (AvgIpc) is 3.75. The topological polar surface area (TPSA) is 99.1 Å². The normalized spacial score (nSPS) is 21.8. The van der Waals surface area contributed by atoms with E-state index in [9.17, 15) is 19.2 Å². The summed E-state index contributed by atoms with van der Waals surface area (Å²) in [4.78, 5) is 63.1. The zero-order valence-corrected chi connectivity index (χ0v) is 34.0. The maximum Gasteiger partial charge on any atom is 0.281 e. The molecule has 4 saturated heterocycles. The molecule has 0 radical (unpaired) electrons.